The lowest BCUT2D eigenvalue weighted by Gasteiger charge is -2.39. The smallest absolute Gasteiger partial charge is 0.408 e. The second-order valence-electron chi connectivity index (χ2n) is 10.3. The van der Waals surface area contributed by atoms with Crippen molar-refractivity contribution in [2.24, 2.45) is 0 Å². The molecule has 1 aromatic rings. The third kappa shape index (κ3) is 9.39. The number of carbonyl (C=O) groups is 3. The van der Waals surface area contributed by atoms with Crippen molar-refractivity contribution in [1.29, 1.82) is 0 Å². The molecule has 0 radical (unpaired) electrons. The highest BCUT2D eigenvalue weighted by molar-refractivity contribution is 7.80. The van der Waals surface area contributed by atoms with Crippen LogP contribution in [0.5, 0.6) is 0 Å². The summed E-state index contributed by atoms with van der Waals surface area (Å²) in [6.07, 6.45) is 1.71. The predicted octanol–water partition coefficient (Wildman–Crippen LogP) is 5.10. The molecule has 1 rings (SSSR count). The fourth-order valence-electron chi connectivity index (χ4n) is 3.99. The van der Waals surface area contributed by atoms with Gasteiger partial charge in [0.05, 0.1) is 0 Å². The van der Waals surface area contributed by atoms with Gasteiger partial charge in [0.2, 0.25) is 11.8 Å². The Morgan fingerprint density at radius 3 is 2.20 bits per heavy atom. The van der Waals surface area contributed by atoms with Gasteiger partial charge in [-0.3, -0.25) is 9.59 Å². The van der Waals surface area contributed by atoms with Crippen molar-refractivity contribution < 1.29 is 19.1 Å². The fourth-order valence-corrected chi connectivity index (χ4v) is 4.24. The van der Waals surface area contributed by atoms with Gasteiger partial charge in [0.25, 0.3) is 0 Å². The number of nitrogens with one attached hydrogen (secondary N) is 2. The van der Waals surface area contributed by atoms with Gasteiger partial charge in [0.15, 0.2) is 0 Å². The minimum Gasteiger partial charge on any atom is -0.444 e. The number of hydrogen-bond donors (Lipinski definition) is 3. The maximum atomic E-state index is 13.9. The maximum absolute atomic E-state index is 13.9. The van der Waals surface area contributed by atoms with Crippen LogP contribution in [0.4, 0.5) is 4.79 Å². The summed E-state index contributed by atoms with van der Waals surface area (Å²) in [6.45, 7) is 17.1. The van der Waals surface area contributed by atoms with E-state index >= 15 is 0 Å². The summed E-state index contributed by atoms with van der Waals surface area (Å²) in [4.78, 5) is 41.7. The van der Waals surface area contributed by atoms with Crippen molar-refractivity contribution in [3.05, 3.63) is 34.9 Å². The molecule has 7 nitrogen and oxygen atoms in total. The minimum absolute atomic E-state index is 0.0322. The normalized spacial score (nSPS) is 14.9. The van der Waals surface area contributed by atoms with Crippen molar-refractivity contribution in [2.75, 3.05) is 5.75 Å². The molecule has 0 heterocycles. The molecule has 4 atom stereocenters. The fraction of sp³-hybridized carbons (Fsp3) is 0.667. The van der Waals surface area contributed by atoms with Crippen LogP contribution in [0.2, 0.25) is 0 Å². The van der Waals surface area contributed by atoms with Crippen LogP contribution in [0, 0.1) is 13.8 Å². The third-order valence-electron chi connectivity index (χ3n) is 5.85. The van der Waals surface area contributed by atoms with Gasteiger partial charge in [-0.25, -0.2) is 4.79 Å². The van der Waals surface area contributed by atoms with E-state index in [-0.39, 0.29) is 29.7 Å². The van der Waals surface area contributed by atoms with Gasteiger partial charge in [-0.1, -0.05) is 44.0 Å². The Labute approximate surface area is 217 Å². The molecular formula is C27H45N3O4S. The first kappa shape index (κ1) is 30.8. The Morgan fingerprint density at radius 1 is 1.09 bits per heavy atom. The van der Waals surface area contributed by atoms with E-state index in [4.69, 9.17) is 4.74 Å². The molecule has 35 heavy (non-hydrogen) atoms. The van der Waals surface area contributed by atoms with E-state index in [1.807, 2.05) is 52.8 Å². The topological polar surface area (TPSA) is 87.7 Å². The molecule has 0 saturated heterocycles. The molecule has 0 aliphatic heterocycles. The number of nitrogens with zero attached hydrogens (tertiary/aromatic N) is 1. The maximum Gasteiger partial charge on any atom is 0.408 e. The van der Waals surface area contributed by atoms with Crippen LogP contribution >= 0.6 is 12.6 Å². The predicted molar refractivity (Wildman–Crippen MR) is 145 cm³/mol. The Hall–Kier alpha value is -2.22. The summed E-state index contributed by atoms with van der Waals surface area (Å²) >= 11 is 4.34. The molecule has 0 aliphatic carbocycles. The number of amides is 3. The van der Waals surface area contributed by atoms with Crippen molar-refractivity contribution in [3.8, 4) is 0 Å². The van der Waals surface area contributed by atoms with Crippen LogP contribution in [-0.4, -0.2) is 52.3 Å². The van der Waals surface area contributed by atoms with E-state index in [2.05, 4.69) is 30.2 Å². The highest BCUT2D eigenvalue weighted by Gasteiger charge is 2.39. The molecule has 4 unspecified atom stereocenters. The second kappa shape index (κ2) is 13.8. The van der Waals surface area contributed by atoms with E-state index in [1.165, 1.54) is 0 Å². The lowest BCUT2D eigenvalue weighted by molar-refractivity contribution is -0.144. The SMILES string of the molecule is CCCC(C)NC(=O)C(c1ccc(C)cc1C)N(C(=O)C(CS)NC(=O)OC(C)(C)C)C(C)CC. The van der Waals surface area contributed by atoms with Crippen LogP contribution in [0.3, 0.4) is 0 Å². The van der Waals surface area contributed by atoms with Gasteiger partial charge in [0, 0.05) is 17.8 Å². The molecule has 2 N–H and O–H groups in total. The first-order valence-corrected chi connectivity index (χ1v) is 13.2. The molecule has 0 saturated carbocycles. The van der Waals surface area contributed by atoms with Gasteiger partial charge in [-0.2, -0.15) is 12.6 Å². The number of benzene rings is 1. The first-order valence-electron chi connectivity index (χ1n) is 12.6. The summed E-state index contributed by atoms with van der Waals surface area (Å²) < 4.78 is 5.36. The Balaban J connectivity index is 3.50. The number of rotatable bonds is 11. The number of thiol groups is 1. The summed E-state index contributed by atoms with van der Waals surface area (Å²) in [7, 11) is 0. The molecule has 8 heteroatoms. The molecular weight excluding hydrogens is 462 g/mol. The van der Waals surface area contributed by atoms with Gasteiger partial charge >= 0.3 is 6.09 Å². The average Bonchev–Trinajstić information content (AvgIpc) is 2.74. The quantitative estimate of drug-likeness (QED) is 0.364. The number of carbonyl (C=O) groups excluding carboxylic acids is 3. The van der Waals surface area contributed by atoms with Crippen LogP contribution in [0.25, 0.3) is 0 Å². The van der Waals surface area contributed by atoms with Crippen LogP contribution in [-0.2, 0) is 14.3 Å². The summed E-state index contributed by atoms with van der Waals surface area (Å²) in [5, 5.41) is 5.75. The molecule has 0 bridgehead atoms. The van der Waals surface area contributed by atoms with E-state index < -0.39 is 23.8 Å². The van der Waals surface area contributed by atoms with Crippen molar-refractivity contribution in [2.45, 2.75) is 111 Å². The molecule has 0 fully saturated rings. The summed E-state index contributed by atoms with van der Waals surface area (Å²) in [5.74, 6) is -0.538. The largest absolute Gasteiger partial charge is 0.444 e. The Kier molecular flexibility index (Phi) is 12.1. The zero-order valence-corrected chi connectivity index (χ0v) is 23.8. The van der Waals surface area contributed by atoms with Crippen molar-refractivity contribution in [1.82, 2.24) is 15.5 Å². The highest BCUT2D eigenvalue weighted by atomic mass is 32.1. The Bertz CT molecular complexity index is 868. The standard InChI is InChI=1S/C27H45N3O4S/c1-10-12-19(5)28-24(31)23(21-14-13-17(3)15-18(21)4)30(20(6)11-2)25(32)22(16-35)29-26(33)34-27(7,8)9/h13-15,19-20,22-23,35H,10-12,16H2,1-9H3,(H,28,31)(H,29,33). The van der Waals surface area contributed by atoms with Crippen molar-refractivity contribution >= 4 is 30.5 Å². The number of ether oxygens (including phenoxy) is 1. The van der Waals surface area contributed by atoms with Crippen LogP contribution < -0.4 is 10.6 Å². The van der Waals surface area contributed by atoms with E-state index in [9.17, 15) is 14.4 Å². The number of alkyl carbamates (subject to hydrolysis) is 1. The number of hydrogen-bond acceptors (Lipinski definition) is 5. The third-order valence-corrected chi connectivity index (χ3v) is 6.21. The van der Waals surface area contributed by atoms with E-state index in [1.54, 1.807) is 25.7 Å². The van der Waals surface area contributed by atoms with Crippen LogP contribution in [0.1, 0.15) is 90.5 Å². The lowest BCUT2D eigenvalue weighted by atomic mass is 9.94. The summed E-state index contributed by atoms with van der Waals surface area (Å²) in [5.41, 5.74) is 2.06. The molecule has 0 spiro atoms. The van der Waals surface area contributed by atoms with Crippen LogP contribution in [0.15, 0.2) is 18.2 Å². The monoisotopic (exact) mass is 507 g/mol. The molecule has 3 amide bonds. The molecule has 0 aromatic heterocycles. The lowest BCUT2D eigenvalue weighted by Crippen LogP contribution is -2.56. The zero-order chi connectivity index (χ0) is 26.9. The van der Waals surface area contributed by atoms with Gasteiger partial charge < -0.3 is 20.3 Å². The van der Waals surface area contributed by atoms with Gasteiger partial charge in [0.1, 0.15) is 17.7 Å². The average molecular weight is 508 g/mol. The second-order valence-corrected chi connectivity index (χ2v) is 10.7. The van der Waals surface area contributed by atoms with E-state index in [0.29, 0.717) is 6.42 Å². The first-order chi connectivity index (χ1) is 16.2. The molecule has 0 aliphatic rings. The van der Waals surface area contributed by atoms with E-state index in [0.717, 1.165) is 29.5 Å². The zero-order valence-electron chi connectivity index (χ0n) is 22.9. The van der Waals surface area contributed by atoms with Gasteiger partial charge in [-0.05, 0) is 72.4 Å². The van der Waals surface area contributed by atoms with Crippen molar-refractivity contribution in [3.63, 3.8) is 0 Å². The van der Waals surface area contributed by atoms with Gasteiger partial charge in [-0.15, -0.1) is 0 Å². The molecule has 198 valence electrons. The highest BCUT2D eigenvalue weighted by Crippen LogP contribution is 2.29. The number of aryl methyl sites for hydroxylation is 2. The Morgan fingerprint density at radius 2 is 1.71 bits per heavy atom. The minimum atomic E-state index is -0.948. The summed E-state index contributed by atoms with van der Waals surface area (Å²) in [6, 6.07) is 3.79. The molecule has 1 aromatic carbocycles.